The molecule has 96 valence electrons. The van der Waals surface area contributed by atoms with Gasteiger partial charge in [-0.1, -0.05) is 30.3 Å². The third-order valence-electron chi connectivity index (χ3n) is 3.18. The van der Waals surface area contributed by atoms with Crippen LogP contribution in [-0.2, 0) is 10.3 Å². The number of nitrogens with zero attached hydrogens (tertiary/aromatic N) is 2. The van der Waals surface area contributed by atoms with Gasteiger partial charge in [-0.25, -0.2) is 4.98 Å². The molecule has 1 aromatic carbocycles. The minimum Gasteiger partial charge on any atom is -0.351 e. The van der Waals surface area contributed by atoms with Crippen LogP contribution >= 0.6 is 11.6 Å². The van der Waals surface area contributed by atoms with Gasteiger partial charge in [-0.15, -0.1) is 0 Å². The number of hydrogen-bond acceptors (Lipinski definition) is 4. The molecule has 2 aromatic rings. The molecule has 1 aliphatic rings. The fourth-order valence-corrected chi connectivity index (χ4v) is 2.20. The second kappa shape index (κ2) is 4.20. The Morgan fingerprint density at radius 1 is 1.26 bits per heavy atom. The summed E-state index contributed by atoms with van der Waals surface area (Å²) in [7, 11) is 0. The molecule has 0 saturated heterocycles. The molecule has 5 nitrogen and oxygen atoms in total. The summed E-state index contributed by atoms with van der Waals surface area (Å²) in [6.07, 6.45) is 1.49. The number of anilines is 2. The number of amides is 1. The van der Waals surface area contributed by atoms with Crippen molar-refractivity contribution in [3.8, 4) is 0 Å². The Labute approximate surface area is 115 Å². The number of halogens is 1. The average molecular weight is 275 g/mol. The fraction of sp³-hybridized carbons (Fsp3) is 0.154. The molecule has 3 rings (SSSR count). The predicted octanol–water partition coefficient (Wildman–Crippen LogP) is 2.41. The lowest BCUT2D eigenvalue weighted by Gasteiger charge is -2.35. The number of nitrogens with one attached hydrogen (secondary N) is 2. The van der Waals surface area contributed by atoms with E-state index in [2.05, 4.69) is 20.6 Å². The number of carbonyl (C=O) groups excluding carboxylic acids is 1. The van der Waals surface area contributed by atoms with Crippen LogP contribution in [-0.4, -0.2) is 15.9 Å². The number of carbonyl (C=O) groups is 1. The van der Waals surface area contributed by atoms with E-state index in [1.165, 1.54) is 6.20 Å². The molecule has 0 radical (unpaired) electrons. The van der Waals surface area contributed by atoms with Crippen LogP contribution in [0, 0.1) is 0 Å². The summed E-state index contributed by atoms with van der Waals surface area (Å²) < 4.78 is 0. The van der Waals surface area contributed by atoms with Crippen LogP contribution < -0.4 is 10.6 Å². The Morgan fingerprint density at radius 3 is 2.74 bits per heavy atom. The first-order valence-corrected chi connectivity index (χ1v) is 6.15. The van der Waals surface area contributed by atoms with Crippen LogP contribution in [0.25, 0.3) is 0 Å². The van der Waals surface area contributed by atoms with Gasteiger partial charge >= 0.3 is 0 Å². The first-order chi connectivity index (χ1) is 9.09. The van der Waals surface area contributed by atoms with Gasteiger partial charge in [-0.2, -0.15) is 4.98 Å². The van der Waals surface area contributed by atoms with Crippen LogP contribution in [0.4, 0.5) is 11.5 Å². The van der Waals surface area contributed by atoms with Crippen LogP contribution in [0.3, 0.4) is 0 Å². The predicted molar refractivity (Wildman–Crippen MR) is 73.1 cm³/mol. The molecule has 0 saturated carbocycles. The minimum absolute atomic E-state index is 0.137. The van der Waals surface area contributed by atoms with E-state index in [9.17, 15) is 4.79 Å². The van der Waals surface area contributed by atoms with Gasteiger partial charge in [-0.05, 0) is 24.1 Å². The van der Waals surface area contributed by atoms with E-state index in [1.54, 1.807) is 6.92 Å². The number of hydrogen-bond donors (Lipinski definition) is 2. The third-order valence-corrected chi connectivity index (χ3v) is 3.36. The lowest BCUT2D eigenvalue weighted by Crippen LogP contribution is -2.47. The fourth-order valence-electron chi connectivity index (χ4n) is 2.06. The van der Waals surface area contributed by atoms with Gasteiger partial charge in [0.1, 0.15) is 11.2 Å². The molecule has 0 spiro atoms. The molecule has 0 aliphatic carbocycles. The van der Waals surface area contributed by atoms with E-state index in [0.29, 0.717) is 11.5 Å². The number of aromatic nitrogens is 2. The van der Waals surface area contributed by atoms with Gasteiger partial charge < -0.3 is 10.6 Å². The highest BCUT2D eigenvalue weighted by molar-refractivity contribution is 6.28. The third kappa shape index (κ3) is 1.92. The van der Waals surface area contributed by atoms with Gasteiger partial charge in [0.25, 0.3) is 5.91 Å². The van der Waals surface area contributed by atoms with E-state index in [-0.39, 0.29) is 11.2 Å². The maximum Gasteiger partial charge on any atom is 0.254 e. The zero-order chi connectivity index (χ0) is 13.5. The van der Waals surface area contributed by atoms with Crippen LogP contribution in [0.1, 0.15) is 12.5 Å². The first kappa shape index (κ1) is 11.9. The highest BCUT2D eigenvalue weighted by atomic mass is 35.5. The molecule has 0 bridgehead atoms. The molecule has 1 aliphatic heterocycles. The largest absolute Gasteiger partial charge is 0.351 e. The summed E-state index contributed by atoms with van der Waals surface area (Å²) in [5, 5.41) is 6.06. The van der Waals surface area contributed by atoms with Gasteiger partial charge in [-0.3, -0.25) is 4.79 Å². The zero-order valence-corrected chi connectivity index (χ0v) is 10.9. The van der Waals surface area contributed by atoms with E-state index in [0.717, 1.165) is 5.56 Å². The summed E-state index contributed by atoms with van der Waals surface area (Å²) in [5.74, 6) is 0.364. The first-order valence-electron chi connectivity index (χ1n) is 5.77. The summed E-state index contributed by atoms with van der Waals surface area (Å²) in [4.78, 5) is 20.2. The number of fused-ring (bicyclic) bond motifs is 1. The van der Waals surface area contributed by atoms with Gasteiger partial charge in [0.15, 0.2) is 5.82 Å². The Bertz CT molecular complexity index is 646. The van der Waals surface area contributed by atoms with Crippen molar-refractivity contribution in [3.05, 3.63) is 47.4 Å². The van der Waals surface area contributed by atoms with E-state index in [4.69, 9.17) is 11.6 Å². The molecular weight excluding hydrogens is 264 g/mol. The van der Waals surface area contributed by atoms with E-state index in [1.807, 2.05) is 30.3 Å². The maximum absolute atomic E-state index is 12.3. The van der Waals surface area contributed by atoms with Crippen molar-refractivity contribution in [1.82, 2.24) is 9.97 Å². The molecular formula is C13H11ClN4O. The molecule has 6 heteroatoms. The van der Waals surface area contributed by atoms with Crippen molar-refractivity contribution in [2.45, 2.75) is 12.5 Å². The highest BCUT2D eigenvalue weighted by Gasteiger charge is 2.40. The van der Waals surface area contributed by atoms with Crippen molar-refractivity contribution in [1.29, 1.82) is 0 Å². The summed E-state index contributed by atoms with van der Waals surface area (Å²) in [6, 6.07) is 9.46. The Morgan fingerprint density at radius 2 is 2.00 bits per heavy atom. The molecule has 2 N–H and O–H groups in total. The van der Waals surface area contributed by atoms with Crippen LogP contribution in [0.15, 0.2) is 36.5 Å². The van der Waals surface area contributed by atoms with Crippen LogP contribution in [0.5, 0.6) is 0 Å². The summed E-state index contributed by atoms with van der Waals surface area (Å²) in [6.45, 7) is 1.80. The van der Waals surface area contributed by atoms with Gasteiger partial charge in [0.05, 0.1) is 6.20 Å². The molecule has 0 fully saturated rings. The Kier molecular flexibility index (Phi) is 2.64. The van der Waals surface area contributed by atoms with Crippen molar-refractivity contribution in [2.24, 2.45) is 0 Å². The lowest BCUT2D eigenvalue weighted by atomic mass is 9.89. The van der Waals surface area contributed by atoms with Crippen LogP contribution in [0.2, 0.25) is 5.28 Å². The maximum atomic E-state index is 12.3. The van der Waals surface area contributed by atoms with Crippen molar-refractivity contribution in [2.75, 3.05) is 10.6 Å². The number of benzene rings is 1. The van der Waals surface area contributed by atoms with Gasteiger partial charge in [0, 0.05) is 0 Å². The van der Waals surface area contributed by atoms with Crippen molar-refractivity contribution in [3.63, 3.8) is 0 Å². The molecule has 1 atom stereocenters. The SMILES string of the molecule is CC1(c2ccccc2)Nc2nc(Cl)ncc2NC1=O. The monoisotopic (exact) mass is 274 g/mol. The highest BCUT2D eigenvalue weighted by Crippen LogP contribution is 2.34. The Balaban J connectivity index is 2.08. The Hall–Kier alpha value is -2.14. The van der Waals surface area contributed by atoms with Crippen molar-refractivity contribution >= 4 is 29.0 Å². The summed E-state index contributed by atoms with van der Waals surface area (Å²) >= 11 is 5.78. The van der Waals surface area contributed by atoms with Crippen molar-refractivity contribution < 1.29 is 4.79 Å². The quantitative estimate of drug-likeness (QED) is 0.784. The molecule has 19 heavy (non-hydrogen) atoms. The zero-order valence-electron chi connectivity index (χ0n) is 10.1. The smallest absolute Gasteiger partial charge is 0.254 e. The second-order valence-electron chi connectivity index (χ2n) is 4.47. The topological polar surface area (TPSA) is 66.9 Å². The van der Waals surface area contributed by atoms with Gasteiger partial charge in [0.2, 0.25) is 5.28 Å². The average Bonchev–Trinajstić information content (AvgIpc) is 2.41. The summed E-state index contributed by atoms with van der Waals surface area (Å²) in [5.41, 5.74) is 0.502. The second-order valence-corrected chi connectivity index (χ2v) is 4.81. The standard InChI is InChI=1S/C13H11ClN4O/c1-13(8-5-3-2-4-6-8)11(19)16-9-7-15-12(14)17-10(9)18-13/h2-7H,1H3,(H,16,19)(H,15,17,18). The molecule has 1 amide bonds. The number of rotatable bonds is 1. The van der Waals surface area contributed by atoms with E-state index >= 15 is 0 Å². The normalized spacial score (nSPS) is 21.3. The molecule has 1 unspecified atom stereocenters. The lowest BCUT2D eigenvalue weighted by molar-refractivity contribution is -0.120. The molecule has 1 aromatic heterocycles. The minimum atomic E-state index is -0.883. The van der Waals surface area contributed by atoms with E-state index < -0.39 is 5.54 Å². The molecule has 2 heterocycles.